The van der Waals surface area contributed by atoms with E-state index >= 15 is 0 Å². The van der Waals surface area contributed by atoms with Gasteiger partial charge in [-0.2, -0.15) is 0 Å². The number of anilines is 1. The fraction of sp³-hybridized carbons (Fsp3) is 0.240. The molecule has 4 aromatic rings. The number of aromatic nitrogens is 3. The van der Waals surface area contributed by atoms with Gasteiger partial charge in [-0.15, -0.1) is 0 Å². The van der Waals surface area contributed by atoms with E-state index in [1.54, 1.807) is 6.20 Å². The Balaban J connectivity index is 1.33. The zero-order valence-corrected chi connectivity index (χ0v) is 17.8. The average molecular weight is 412 g/mol. The van der Waals surface area contributed by atoms with Crippen LogP contribution in [0.2, 0.25) is 0 Å². The second-order valence-electron chi connectivity index (χ2n) is 8.04. The van der Waals surface area contributed by atoms with Gasteiger partial charge in [0.2, 0.25) is 0 Å². The highest BCUT2D eigenvalue weighted by Gasteiger charge is 2.23. The Hall–Kier alpha value is -3.67. The highest BCUT2D eigenvalue weighted by atomic mass is 16.2. The Kier molecular flexibility index (Phi) is 4.90. The molecular formula is C25H25N5O. The summed E-state index contributed by atoms with van der Waals surface area (Å²) in [5, 5.41) is 0. The largest absolute Gasteiger partial charge is 0.368 e. The number of benzene rings is 2. The molecule has 1 saturated heterocycles. The molecule has 0 bridgehead atoms. The molecule has 6 nitrogen and oxygen atoms in total. The van der Waals surface area contributed by atoms with Crippen LogP contribution in [0, 0.1) is 6.92 Å². The predicted octanol–water partition coefficient (Wildman–Crippen LogP) is 3.91. The molecular weight excluding hydrogens is 386 g/mol. The van der Waals surface area contributed by atoms with Gasteiger partial charge in [0.05, 0.1) is 0 Å². The monoisotopic (exact) mass is 411 g/mol. The summed E-state index contributed by atoms with van der Waals surface area (Å²) in [5.74, 6) is 0.884. The smallest absolute Gasteiger partial charge is 0.253 e. The van der Waals surface area contributed by atoms with Crippen LogP contribution in [0.5, 0.6) is 0 Å². The third kappa shape index (κ3) is 3.65. The molecule has 1 aliphatic heterocycles. The summed E-state index contributed by atoms with van der Waals surface area (Å²) in [6, 6.07) is 20.2. The molecule has 1 aliphatic rings. The molecule has 6 heteroatoms. The Morgan fingerprint density at radius 2 is 1.71 bits per heavy atom. The van der Waals surface area contributed by atoms with Gasteiger partial charge >= 0.3 is 0 Å². The fourth-order valence-electron chi connectivity index (χ4n) is 4.18. The third-order valence-electron chi connectivity index (χ3n) is 5.96. The lowest BCUT2D eigenvalue weighted by molar-refractivity contribution is 0.0747. The van der Waals surface area contributed by atoms with Crippen molar-refractivity contribution in [3.8, 4) is 11.4 Å². The van der Waals surface area contributed by atoms with Crippen molar-refractivity contribution >= 4 is 22.8 Å². The van der Waals surface area contributed by atoms with E-state index in [0.717, 1.165) is 35.6 Å². The molecule has 0 aliphatic carbocycles. The van der Waals surface area contributed by atoms with Crippen molar-refractivity contribution in [3.63, 3.8) is 0 Å². The Morgan fingerprint density at radius 1 is 0.935 bits per heavy atom. The minimum absolute atomic E-state index is 0.0716. The molecule has 156 valence electrons. The summed E-state index contributed by atoms with van der Waals surface area (Å²) in [6.45, 7) is 5.20. The average Bonchev–Trinajstić information content (AvgIpc) is 3.16. The molecule has 1 fully saturated rings. The van der Waals surface area contributed by atoms with E-state index in [-0.39, 0.29) is 5.91 Å². The SMILES string of the molecule is Cc1ccc(N2CCN(C(=O)c3cccc(-c4nc5cccnc5n4C)c3)CC2)cc1. The fourth-order valence-corrected chi connectivity index (χ4v) is 4.18. The number of hydrogen-bond acceptors (Lipinski definition) is 4. The van der Waals surface area contributed by atoms with Crippen molar-refractivity contribution in [3.05, 3.63) is 78.0 Å². The summed E-state index contributed by atoms with van der Waals surface area (Å²) in [7, 11) is 1.95. The second kappa shape index (κ2) is 7.87. The summed E-state index contributed by atoms with van der Waals surface area (Å²) in [6.07, 6.45) is 1.77. The molecule has 5 rings (SSSR count). The number of carbonyl (C=O) groups excluding carboxylic acids is 1. The number of amides is 1. The van der Waals surface area contributed by atoms with Gasteiger partial charge in [-0.3, -0.25) is 4.79 Å². The lowest BCUT2D eigenvalue weighted by atomic mass is 10.1. The van der Waals surface area contributed by atoms with Gasteiger partial charge in [-0.05, 0) is 43.3 Å². The maximum absolute atomic E-state index is 13.2. The molecule has 2 aromatic carbocycles. The first kappa shape index (κ1) is 19.3. The molecule has 0 atom stereocenters. The van der Waals surface area contributed by atoms with Gasteiger partial charge < -0.3 is 14.4 Å². The molecule has 0 N–H and O–H groups in total. The number of nitrogens with zero attached hydrogens (tertiary/aromatic N) is 5. The Labute approximate surface area is 181 Å². The van der Waals surface area contributed by atoms with E-state index in [1.807, 2.05) is 52.9 Å². The van der Waals surface area contributed by atoms with Gasteiger partial charge in [0.25, 0.3) is 5.91 Å². The standard InChI is InChI=1S/C25H25N5O/c1-18-8-10-21(11-9-18)29-13-15-30(16-14-29)25(31)20-6-3-5-19(17-20)23-27-22-7-4-12-26-24(22)28(23)2/h3-12,17H,13-16H2,1-2H3. The second-order valence-corrected chi connectivity index (χ2v) is 8.04. The topological polar surface area (TPSA) is 54.3 Å². The van der Waals surface area contributed by atoms with E-state index in [9.17, 15) is 4.79 Å². The van der Waals surface area contributed by atoms with E-state index < -0.39 is 0 Å². The number of aryl methyl sites for hydroxylation is 2. The van der Waals surface area contributed by atoms with Crippen LogP contribution in [0.25, 0.3) is 22.6 Å². The van der Waals surface area contributed by atoms with Crippen LogP contribution in [0.15, 0.2) is 66.9 Å². The molecule has 0 spiro atoms. The predicted molar refractivity (Wildman–Crippen MR) is 123 cm³/mol. The molecule has 3 heterocycles. The van der Waals surface area contributed by atoms with E-state index in [4.69, 9.17) is 4.98 Å². The summed E-state index contributed by atoms with van der Waals surface area (Å²) in [5.41, 5.74) is 5.78. The number of carbonyl (C=O) groups is 1. The first-order valence-corrected chi connectivity index (χ1v) is 10.6. The molecule has 31 heavy (non-hydrogen) atoms. The van der Waals surface area contributed by atoms with Gasteiger partial charge in [0, 0.05) is 56.2 Å². The number of piperazine rings is 1. The summed E-state index contributed by atoms with van der Waals surface area (Å²) in [4.78, 5) is 26.6. The first-order valence-electron chi connectivity index (χ1n) is 10.6. The number of hydrogen-bond donors (Lipinski definition) is 0. The summed E-state index contributed by atoms with van der Waals surface area (Å²) >= 11 is 0. The number of pyridine rings is 1. The zero-order valence-electron chi connectivity index (χ0n) is 17.8. The lowest BCUT2D eigenvalue weighted by Crippen LogP contribution is -2.48. The van der Waals surface area contributed by atoms with Crippen molar-refractivity contribution in [2.45, 2.75) is 6.92 Å². The van der Waals surface area contributed by atoms with Crippen molar-refractivity contribution < 1.29 is 4.79 Å². The van der Waals surface area contributed by atoms with Gasteiger partial charge in [-0.25, -0.2) is 9.97 Å². The van der Waals surface area contributed by atoms with E-state index in [2.05, 4.69) is 41.1 Å². The third-order valence-corrected chi connectivity index (χ3v) is 5.96. The highest BCUT2D eigenvalue weighted by molar-refractivity contribution is 5.95. The van der Waals surface area contributed by atoms with Crippen LogP contribution >= 0.6 is 0 Å². The number of fused-ring (bicyclic) bond motifs is 1. The van der Waals surface area contributed by atoms with E-state index in [0.29, 0.717) is 18.7 Å². The number of rotatable bonds is 3. The lowest BCUT2D eigenvalue weighted by Gasteiger charge is -2.36. The quantitative estimate of drug-likeness (QED) is 0.513. The van der Waals surface area contributed by atoms with Crippen LogP contribution in [-0.4, -0.2) is 51.5 Å². The zero-order chi connectivity index (χ0) is 21.4. The Morgan fingerprint density at radius 3 is 2.45 bits per heavy atom. The minimum atomic E-state index is 0.0716. The highest BCUT2D eigenvalue weighted by Crippen LogP contribution is 2.24. The normalized spacial score (nSPS) is 14.3. The van der Waals surface area contributed by atoms with Crippen LogP contribution in [0.1, 0.15) is 15.9 Å². The van der Waals surface area contributed by atoms with Crippen LogP contribution in [0.4, 0.5) is 5.69 Å². The van der Waals surface area contributed by atoms with Gasteiger partial charge in [0.1, 0.15) is 11.3 Å². The van der Waals surface area contributed by atoms with Crippen molar-refractivity contribution in [2.75, 3.05) is 31.1 Å². The maximum atomic E-state index is 13.2. The van der Waals surface area contributed by atoms with Crippen molar-refractivity contribution in [1.82, 2.24) is 19.4 Å². The maximum Gasteiger partial charge on any atom is 0.253 e. The van der Waals surface area contributed by atoms with Crippen LogP contribution in [-0.2, 0) is 7.05 Å². The molecule has 1 amide bonds. The minimum Gasteiger partial charge on any atom is -0.368 e. The van der Waals surface area contributed by atoms with Crippen LogP contribution in [0.3, 0.4) is 0 Å². The van der Waals surface area contributed by atoms with E-state index in [1.165, 1.54) is 11.3 Å². The van der Waals surface area contributed by atoms with Crippen molar-refractivity contribution in [1.29, 1.82) is 0 Å². The number of imidazole rings is 1. The molecule has 0 saturated carbocycles. The summed E-state index contributed by atoms with van der Waals surface area (Å²) < 4.78 is 1.97. The van der Waals surface area contributed by atoms with Crippen LogP contribution < -0.4 is 4.90 Å². The first-order chi connectivity index (χ1) is 15.1. The molecule has 0 unspecified atom stereocenters. The Bertz CT molecular complexity index is 1240. The van der Waals surface area contributed by atoms with Gasteiger partial charge in [0.15, 0.2) is 5.65 Å². The van der Waals surface area contributed by atoms with Crippen molar-refractivity contribution in [2.24, 2.45) is 7.05 Å². The van der Waals surface area contributed by atoms with Gasteiger partial charge in [-0.1, -0.05) is 29.8 Å². The molecule has 2 aromatic heterocycles. The molecule has 0 radical (unpaired) electrons.